The Labute approximate surface area is 114 Å². The number of hydrogen-bond acceptors (Lipinski definition) is 6. The molecule has 1 rings (SSSR count). The van der Waals surface area contributed by atoms with E-state index in [2.05, 4.69) is 9.64 Å². The molecule has 0 radical (unpaired) electrons. The highest BCUT2D eigenvalue weighted by atomic mass is 16.7. The second kappa shape index (κ2) is 6.86. The molecule has 19 heavy (non-hydrogen) atoms. The molecule has 0 aromatic rings. The normalized spacial score (nSPS) is 18.1. The Kier molecular flexibility index (Phi) is 5.75. The van der Waals surface area contributed by atoms with Gasteiger partial charge in [0, 0.05) is 32.7 Å². The van der Waals surface area contributed by atoms with E-state index in [9.17, 15) is 9.59 Å². The van der Waals surface area contributed by atoms with Crippen molar-refractivity contribution in [2.75, 3.05) is 39.8 Å². The molecule has 0 aliphatic carbocycles. The van der Waals surface area contributed by atoms with Crippen molar-refractivity contribution in [2.24, 2.45) is 5.41 Å². The van der Waals surface area contributed by atoms with Gasteiger partial charge in [-0.05, 0) is 20.8 Å². The summed E-state index contributed by atoms with van der Waals surface area (Å²) in [6.45, 7) is 9.11. The first-order chi connectivity index (χ1) is 8.82. The summed E-state index contributed by atoms with van der Waals surface area (Å²) in [6, 6.07) is 0. The summed E-state index contributed by atoms with van der Waals surface area (Å²) < 4.78 is 4.61. The van der Waals surface area contributed by atoms with Gasteiger partial charge in [0.15, 0.2) is 0 Å². The summed E-state index contributed by atoms with van der Waals surface area (Å²) in [5, 5.41) is 1.70. The number of hydroxylamine groups is 2. The van der Waals surface area contributed by atoms with Crippen LogP contribution in [0.3, 0.4) is 0 Å². The highest BCUT2D eigenvalue weighted by Crippen LogP contribution is 2.16. The molecule has 0 atom stereocenters. The van der Waals surface area contributed by atoms with Crippen LogP contribution in [0.25, 0.3) is 0 Å². The van der Waals surface area contributed by atoms with Gasteiger partial charge in [-0.1, -0.05) is 0 Å². The van der Waals surface area contributed by atoms with E-state index < -0.39 is 5.41 Å². The van der Waals surface area contributed by atoms with Gasteiger partial charge in [-0.25, -0.2) is 4.79 Å². The van der Waals surface area contributed by atoms with Gasteiger partial charge >= 0.3 is 11.9 Å². The summed E-state index contributed by atoms with van der Waals surface area (Å²) in [6.07, 6.45) is 0.401. The summed E-state index contributed by atoms with van der Waals surface area (Å²) in [4.78, 5) is 30.3. The number of carbonyl (C=O) groups excluding carboxylic acids is 2. The third-order valence-electron chi connectivity index (χ3n) is 3.02. The molecule has 0 aromatic heterocycles. The molecular weight excluding hydrogens is 248 g/mol. The molecule has 0 amide bonds. The van der Waals surface area contributed by atoms with E-state index in [1.807, 2.05) is 20.8 Å². The van der Waals surface area contributed by atoms with Crippen LogP contribution < -0.4 is 0 Å². The quantitative estimate of drug-likeness (QED) is 0.701. The molecule has 0 bridgehead atoms. The highest BCUT2D eigenvalue weighted by molar-refractivity contribution is 5.75. The van der Waals surface area contributed by atoms with Crippen LogP contribution in [0.15, 0.2) is 0 Å². The Morgan fingerprint density at radius 2 is 1.68 bits per heavy atom. The summed E-state index contributed by atoms with van der Waals surface area (Å²) >= 11 is 0. The Balaban J connectivity index is 2.26. The SMILES string of the molecule is COC(=O)CCN1CCN(OC(=O)C(C)(C)C)CC1. The van der Waals surface area contributed by atoms with Gasteiger partial charge in [0.05, 0.1) is 18.9 Å². The van der Waals surface area contributed by atoms with Crippen LogP contribution in [-0.2, 0) is 19.2 Å². The molecule has 0 unspecified atom stereocenters. The number of methoxy groups -OCH3 is 1. The third kappa shape index (κ3) is 5.57. The molecule has 1 heterocycles. The monoisotopic (exact) mass is 272 g/mol. The average molecular weight is 272 g/mol. The number of ether oxygens (including phenoxy) is 1. The number of hydrogen-bond donors (Lipinski definition) is 0. The van der Waals surface area contributed by atoms with Gasteiger partial charge in [0.1, 0.15) is 0 Å². The van der Waals surface area contributed by atoms with Crippen LogP contribution in [0.4, 0.5) is 0 Å². The van der Waals surface area contributed by atoms with Crippen molar-refractivity contribution in [2.45, 2.75) is 27.2 Å². The zero-order valence-electron chi connectivity index (χ0n) is 12.3. The van der Waals surface area contributed by atoms with Gasteiger partial charge in [-0.2, -0.15) is 0 Å². The van der Waals surface area contributed by atoms with Crippen LogP contribution in [-0.4, -0.2) is 61.7 Å². The second-order valence-electron chi connectivity index (χ2n) is 5.73. The molecule has 0 saturated carbocycles. The van der Waals surface area contributed by atoms with Crippen LogP contribution in [0.5, 0.6) is 0 Å². The number of rotatable bonds is 4. The Morgan fingerprint density at radius 3 is 2.16 bits per heavy atom. The predicted octanol–water partition coefficient (Wildman–Crippen LogP) is 0.671. The zero-order valence-corrected chi connectivity index (χ0v) is 12.3. The molecular formula is C13H24N2O4. The minimum absolute atomic E-state index is 0.193. The van der Waals surface area contributed by atoms with Crippen LogP contribution in [0, 0.1) is 5.41 Å². The molecule has 1 fully saturated rings. The van der Waals surface area contributed by atoms with Gasteiger partial charge in [0.2, 0.25) is 0 Å². The largest absolute Gasteiger partial charge is 0.469 e. The van der Waals surface area contributed by atoms with Crippen molar-refractivity contribution in [3.05, 3.63) is 0 Å². The lowest BCUT2D eigenvalue weighted by Gasteiger charge is -2.34. The van der Waals surface area contributed by atoms with Crippen molar-refractivity contribution in [1.29, 1.82) is 0 Å². The molecule has 6 heteroatoms. The maximum absolute atomic E-state index is 11.7. The van der Waals surface area contributed by atoms with E-state index in [0.29, 0.717) is 26.1 Å². The molecule has 0 N–H and O–H groups in total. The van der Waals surface area contributed by atoms with E-state index in [1.54, 1.807) is 5.06 Å². The average Bonchev–Trinajstić information content (AvgIpc) is 2.36. The maximum atomic E-state index is 11.7. The van der Waals surface area contributed by atoms with Crippen LogP contribution in [0.2, 0.25) is 0 Å². The Morgan fingerprint density at radius 1 is 1.11 bits per heavy atom. The molecule has 0 spiro atoms. The summed E-state index contributed by atoms with van der Waals surface area (Å²) in [7, 11) is 1.40. The van der Waals surface area contributed by atoms with Crippen LogP contribution in [0.1, 0.15) is 27.2 Å². The zero-order chi connectivity index (χ0) is 14.5. The fourth-order valence-electron chi connectivity index (χ4n) is 1.65. The standard InChI is InChI=1S/C13H24N2O4/c1-13(2,3)12(17)19-15-9-7-14(8-10-15)6-5-11(16)18-4/h5-10H2,1-4H3. The Bertz CT molecular complexity index is 317. The molecule has 110 valence electrons. The number of nitrogens with zero attached hydrogens (tertiary/aromatic N) is 2. The second-order valence-corrected chi connectivity index (χ2v) is 5.73. The van der Waals surface area contributed by atoms with E-state index in [0.717, 1.165) is 13.1 Å². The number of carbonyl (C=O) groups is 2. The predicted molar refractivity (Wildman–Crippen MR) is 70.2 cm³/mol. The number of esters is 1. The van der Waals surface area contributed by atoms with E-state index in [-0.39, 0.29) is 11.9 Å². The topological polar surface area (TPSA) is 59.1 Å². The van der Waals surface area contributed by atoms with Gasteiger partial charge < -0.3 is 9.57 Å². The van der Waals surface area contributed by atoms with Gasteiger partial charge in [0.25, 0.3) is 0 Å². The smallest absolute Gasteiger partial charge is 0.330 e. The summed E-state index contributed by atoms with van der Waals surface area (Å²) in [5.41, 5.74) is -0.484. The lowest BCUT2D eigenvalue weighted by molar-refractivity contribution is -0.206. The fraction of sp³-hybridized carbons (Fsp3) is 0.846. The Hall–Kier alpha value is -1.14. The van der Waals surface area contributed by atoms with Crippen molar-refractivity contribution in [3.63, 3.8) is 0 Å². The molecule has 6 nitrogen and oxygen atoms in total. The fourth-order valence-corrected chi connectivity index (χ4v) is 1.65. The minimum Gasteiger partial charge on any atom is -0.469 e. The summed E-state index contributed by atoms with van der Waals surface area (Å²) in [5.74, 6) is -0.405. The lowest BCUT2D eigenvalue weighted by atomic mass is 9.98. The lowest BCUT2D eigenvalue weighted by Crippen LogP contribution is -2.48. The van der Waals surface area contributed by atoms with Crippen molar-refractivity contribution in [3.8, 4) is 0 Å². The first-order valence-corrected chi connectivity index (χ1v) is 6.59. The van der Waals surface area contributed by atoms with Crippen molar-refractivity contribution >= 4 is 11.9 Å². The van der Waals surface area contributed by atoms with Gasteiger partial charge in [-0.15, -0.1) is 5.06 Å². The molecule has 0 aromatic carbocycles. The van der Waals surface area contributed by atoms with E-state index in [1.165, 1.54) is 7.11 Å². The minimum atomic E-state index is -0.484. The number of piperazine rings is 1. The van der Waals surface area contributed by atoms with Crippen molar-refractivity contribution < 1.29 is 19.2 Å². The maximum Gasteiger partial charge on any atom is 0.330 e. The highest BCUT2D eigenvalue weighted by Gasteiger charge is 2.27. The van der Waals surface area contributed by atoms with E-state index >= 15 is 0 Å². The third-order valence-corrected chi connectivity index (χ3v) is 3.02. The van der Waals surface area contributed by atoms with E-state index in [4.69, 9.17) is 4.84 Å². The van der Waals surface area contributed by atoms with Crippen LogP contribution >= 0.6 is 0 Å². The molecule has 1 aliphatic rings. The first-order valence-electron chi connectivity index (χ1n) is 6.59. The van der Waals surface area contributed by atoms with Gasteiger partial charge in [-0.3, -0.25) is 9.69 Å². The first kappa shape index (κ1) is 15.9. The molecule has 1 aliphatic heterocycles. The van der Waals surface area contributed by atoms with Crippen molar-refractivity contribution in [1.82, 2.24) is 9.96 Å². The molecule has 1 saturated heterocycles.